The van der Waals surface area contributed by atoms with Crippen molar-refractivity contribution in [1.82, 2.24) is 14.2 Å². The van der Waals surface area contributed by atoms with Crippen LogP contribution in [0, 0.1) is 13.8 Å². The minimum absolute atomic E-state index is 0.0256. The number of amides is 1. The first-order valence-corrected chi connectivity index (χ1v) is 9.99. The summed E-state index contributed by atoms with van der Waals surface area (Å²) >= 11 is 0. The Morgan fingerprint density at radius 2 is 1.77 bits per heavy atom. The zero-order valence-corrected chi connectivity index (χ0v) is 17.4. The van der Waals surface area contributed by atoms with Gasteiger partial charge in [-0.25, -0.2) is 4.52 Å². The third-order valence-corrected chi connectivity index (χ3v) is 5.19. The van der Waals surface area contributed by atoms with Crippen molar-refractivity contribution in [2.45, 2.75) is 27.3 Å². The second kappa shape index (κ2) is 7.99. The Bertz CT molecular complexity index is 1270. The number of hydrogen-bond acceptors (Lipinski definition) is 3. The van der Waals surface area contributed by atoms with Crippen LogP contribution in [0.1, 0.15) is 18.1 Å². The molecule has 6 heteroatoms. The fraction of sp³-hybridized carbons (Fsp3) is 0.208. The molecule has 30 heavy (non-hydrogen) atoms. The predicted molar refractivity (Wildman–Crippen MR) is 119 cm³/mol. The Hall–Kier alpha value is -3.67. The van der Waals surface area contributed by atoms with E-state index in [1.165, 1.54) is 4.57 Å². The average molecular weight is 400 g/mol. The molecule has 2 aromatic carbocycles. The number of likely N-dealkylation sites (N-methyl/N-ethyl adjacent to an activating group) is 1. The van der Waals surface area contributed by atoms with Crippen LogP contribution in [0.2, 0.25) is 0 Å². The minimum Gasteiger partial charge on any atom is -0.311 e. The Kier molecular flexibility index (Phi) is 5.23. The van der Waals surface area contributed by atoms with E-state index in [0.29, 0.717) is 12.1 Å². The van der Waals surface area contributed by atoms with Crippen LogP contribution in [0.5, 0.6) is 0 Å². The van der Waals surface area contributed by atoms with Crippen LogP contribution in [-0.4, -0.2) is 26.6 Å². The highest BCUT2D eigenvalue weighted by Crippen LogP contribution is 2.19. The van der Waals surface area contributed by atoms with Crippen LogP contribution in [0.25, 0.3) is 16.8 Å². The molecule has 0 bridgehead atoms. The molecule has 0 N–H and O–H groups in total. The Morgan fingerprint density at radius 3 is 2.47 bits per heavy atom. The van der Waals surface area contributed by atoms with Crippen LogP contribution in [0.4, 0.5) is 5.69 Å². The summed E-state index contributed by atoms with van der Waals surface area (Å²) in [6.45, 7) is 6.45. The Labute approximate surface area is 175 Å². The summed E-state index contributed by atoms with van der Waals surface area (Å²) in [5.74, 6) is -0.132. The highest BCUT2D eigenvalue weighted by atomic mass is 16.2. The monoisotopic (exact) mass is 400 g/mol. The lowest BCUT2D eigenvalue weighted by Crippen LogP contribution is -2.36. The van der Waals surface area contributed by atoms with Gasteiger partial charge in [-0.05, 0) is 44.5 Å². The van der Waals surface area contributed by atoms with Crippen molar-refractivity contribution in [3.05, 3.63) is 88.5 Å². The van der Waals surface area contributed by atoms with Gasteiger partial charge >= 0.3 is 0 Å². The van der Waals surface area contributed by atoms with Gasteiger partial charge in [0.1, 0.15) is 12.1 Å². The summed E-state index contributed by atoms with van der Waals surface area (Å²) in [5, 5.41) is 4.51. The predicted octanol–water partition coefficient (Wildman–Crippen LogP) is 3.83. The van der Waals surface area contributed by atoms with E-state index in [-0.39, 0.29) is 18.0 Å². The number of rotatable bonds is 5. The number of carbonyl (C=O) groups is 1. The summed E-state index contributed by atoms with van der Waals surface area (Å²) in [6.07, 6.45) is 3.33. The first-order valence-electron chi connectivity index (χ1n) is 9.99. The lowest BCUT2D eigenvalue weighted by atomic mass is 10.1. The molecule has 4 rings (SSSR count). The van der Waals surface area contributed by atoms with Gasteiger partial charge in [-0.2, -0.15) is 5.10 Å². The molecule has 0 fully saturated rings. The SMILES string of the molecule is CCN(C(=O)Cn1ccn2nc(-c3ccc(C)cc3)cc2c1=O)c1cccc(C)c1. The first kappa shape index (κ1) is 19.6. The van der Waals surface area contributed by atoms with Crippen LogP contribution in [0.3, 0.4) is 0 Å². The van der Waals surface area contributed by atoms with E-state index in [9.17, 15) is 9.59 Å². The number of carbonyl (C=O) groups excluding carboxylic acids is 1. The van der Waals surface area contributed by atoms with Crippen molar-refractivity contribution in [2.75, 3.05) is 11.4 Å². The zero-order chi connectivity index (χ0) is 21.3. The van der Waals surface area contributed by atoms with Crippen molar-refractivity contribution in [3.63, 3.8) is 0 Å². The molecule has 0 saturated carbocycles. The quantitative estimate of drug-likeness (QED) is 0.512. The van der Waals surface area contributed by atoms with E-state index in [2.05, 4.69) is 5.10 Å². The van der Waals surface area contributed by atoms with Crippen LogP contribution >= 0.6 is 0 Å². The molecule has 152 valence electrons. The van der Waals surface area contributed by atoms with E-state index >= 15 is 0 Å². The molecule has 1 amide bonds. The molecular weight excluding hydrogens is 376 g/mol. The second-order valence-corrected chi connectivity index (χ2v) is 7.43. The maximum absolute atomic E-state index is 13.0. The van der Waals surface area contributed by atoms with Gasteiger partial charge in [-0.15, -0.1) is 0 Å². The van der Waals surface area contributed by atoms with E-state index in [1.807, 2.05) is 69.3 Å². The molecule has 0 aliphatic heterocycles. The van der Waals surface area contributed by atoms with Gasteiger partial charge in [0.2, 0.25) is 5.91 Å². The molecule has 6 nitrogen and oxygen atoms in total. The lowest BCUT2D eigenvalue weighted by Gasteiger charge is -2.22. The third-order valence-electron chi connectivity index (χ3n) is 5.19. The second-order valence-electron chi connectivity index (χ2n) is 7.43. The first-order chi connectivity index (χ1) is 14.5. The lowest BCUT2D eigenvalue weighted by molar-refractivity contribution is -0.119. The van der Waals surface area contributed by atoms with Gasteiger partial charge in [-0.1, -0.05) is 42.0 Å². The largest absolute Gasteiger partial charge is 0.311 e. The minimum atomic E-state index is -0.239. The number of benzene rings is 2. The molecule has 0 spiro atoms. The normalized spacial score (nSPS) is 11.0. The number of aromatic nitrogens is 3. The van der Waals surface area contributed by atoms with Gasteiger partial charge in [-0.3, -0.25) is 9.59 Å². The van der Waals surface area contributed by atoms with Crippen molar-refractivity contribution in [1.29, 1.82) is 0 Å². The van der Waals surface area contributed by atoms with E-state index in [4.69, 9.17) is 0 Å². The number of fused-ring (bicyclic) bond motifs is 1. The summed E-state index contributed by atoms with van der Waals surface area (Å²) in [5.41, 5.74) is 4.96. The standard InChI is InChI=1S/C24H24N4O2/c1-4-27(20-7-5-6-18(3)14-20)23(29)16-26-12-13-28-22(24(26)30)15-21(25-28)19-10-8-17(2)9-11-19/h5-15H,4,16H2,1-3H3. The fourth-order valence-electron chi connectivity index (χ4n) is 3.55. The van der Waals surface area contributed by atoms with Crippen molar-refractivity contribution in [3.8, 4) is 11.3 Å². The Morgan fingerprint density at radius 1 is 1.00 bits per heavy atom. The summed E-state index contributed by atoms with van der Waals surface area (Å²) < 4.78 is 3.01. The Balaban J connectivity index is 1.64. The average Bonchev–Trinajstić information content (AvgIpc) is 3.16. The van der Waals surface area contributed by atoms with Crippen molar-refractivity contribution >= 4 is 17.1 Å². The van der Waals surface area contributed by atoms with Gasteiger partial charge in [0.05, 0.1) is 5.69 Å². The molecule has 0 radical (unpaired) electrons. The molecule has 2 aromatic heterocycles. The van der Waals surface area contributed by atoms with Crippen molar-refractivity contribution < 1.29 is 4.79 Å². The molecular formula is C24H24N4O2. The van der Waals surface area contributed by atoms with E-state index in [1.54, 1.807) is 27.9 Å². The molecule has 0 atom stereocenters. The van der Waals surface area contributed by atoms with Crippen LogP contribution in [-0.2, 0) is 11.3 Å². The molecule has 2 heterocycles. The van der Waals surface area contributed by atoms with Crippen LogP contribution in [0.15, 0.2) is 71.8 Å². The number of nitrogens with zero attached hydrogens (tertiary/aromatic N) is 4. The van der Waals surface area contributed by atoms with E-state index in [0.717, 1.165) is 28.1 Å². The molecule has 0 unspecified atom stereocenters. The third kappa shape index (κ3) is 3.76. The fourth-order valence-corrected chi connectivity index (χ4v) is 3.55. The summed E-state index contributed by atoms with van der Waals surface area (Å²) in [6, 6.07) is 17.6. The summed E-state index contributed by atoms with van der Waals surface area (Å²) in [7, 11) is 0. The highest BCUT2D eigenvalue weighted by molar-refractivity contribution is 5.93. The van der Waals surface area contributed by atoms with Gasteiger partial charge in [0.25, 0.3) is 5.56 Å². The van der Waals surface area contributed by atoms with E-state index < -0.39 is 0 Å². The summed E-state index contributed by atoms with van der Waals surface area (Å²) in [4.78, 5) is 27.6. The smallest absolute Gasteiger partial charge is 0.277 e. The van der Waals surface area contributed by atoms with Crippen molar-refractivity contribution in [2.24, 2.45) is 0 Å². The topological polar surface area (TPSA) is 59.6 Å². The number of anilines is 1. The number of hydrogen-bond donors (Lipinski definition) is 0. The highest BCUT2D eigenvalue weighted by Gasteiger charge is 2.17. The molecule has 0 saturated heterocycles. The number of aryl methyl sites for hydroxylation is 2. The molecule has 4 aromatic rings. The van der Waals surface area contributed by atoms with Gasteiger partial charge in [0.15, 0.2) is 0 Å². The van der Waals surface area contributed by atoms with Gasteiger partial charge < -0.3 is 9.47 Å². The maximum atomic E-state index is 13.0. The zero-order valence-electron chi connectivity index (χ0n) is 17.4. The van der Waals surface area contributed by atoms with Gasteiger partial charge in [0, 0.05) is 30.2 Å². The van der Waals surface area contributed by atoms with Crippen LogP contribution < -0.4 is 10.5 Å². The molecule has 0 aliphatic carbocycles. The molecule has 0 aliphatic rings. The maximum Gasteiger partial charge on any atom is 0.277 e.